The zero-order valence-electron chi connectivity index (χ0n) is 52.0. The molecule has 2 saturated carbocycles. The molecule has 27 nitrogen and oxygen atoms in total. The van der Waals surface area contributed by atoms with E-state index in [9.17, 15) is 34.8 Å². The van der Waals surface area contributed by atoms with Crippen molar-refractivity contribution >= 4 is 63.7 Å². The van der Waals surface area contributed by atoms with Crippen LogP contribution in [0.4, 0.5) is 28.3 Å². The van der Waals surface area contributed by atoms with Crippen molar-refractivity contribution in [3.8, 4) is 23.0 Å². The maximum Gasteiger partial charge on any atom is 0.315 e. The number of hydrogen-bond acceptors (Lipinski definition) is 21. The first kappa shape index (κ1) is 62.6. The lowest BCUT2D eigenvalue weighted by Crippen LogP contribution is -2.48. The van der Waals surface area contributed by atoms with Crippen LogP contribution in [0.25, 0.3) is 22.3 Å². The van der Waals surface area contributed by atoms with Gasteiger partial charge in [-0.2, -0.15) is 19.9 Å². The number of rotatable bonds is 22. The Morgan fingerprint density at radius 1 is 0.489 bits per heavy atom. The van der Waals surface area contributed by atoms with Gasteiger partial charge in [-0.05, 0) is 96.5 Å². The molecule has 0 spiro atoms. The molecule has 4 fully saturated rings. The molecule has 92 heavy (non-hydrogen) atoms. The van der Waals surface area contributed by atoms with Gasteiger partial charge in [0.2, 0.25) is 23.7 Å². The van der Waals surface area contributed by atoms with Gasteiger partial charge in [-0.1, -0.05) is 62.4 Å². The number of ether oxygens (including phenoxy) is 4. The molecule has 2 aliphatic heterocycles. The number of carbonyl (C=O) groups excluding carboxylic acids is 3. The van der Waals surface area contributed by atoms with Crippen LogP contribution in [0, 0.1) is 0 Å². The van der Waals surface area contributed by atoms with Gasteiger partial charge in [-0.15, -0.1) is 0 Å². The number of aliphatic hydroxyl groups is 4. The van der Waals surface area contributed by atoms with E-state index in [-0.39, 0.29) is 55.6 Å². The number of aromatic nitrogens is 8. The first-order valence-electron chi connectivity index (χ1n) is 31.1. The summed E-state index contributed by atoms with van der Waals surface area (Å²) in [5.41, 5.74) is 5.20. The molecule has 0 bridgehead atoms. The standard InChI is InChI=1S/C65H78N16O11/c1-7-49(82)70-45-29-47(57(86)55(45)84)80-33-66-53-59(72-51(35-9-17-41(89-3)18-10-35)36-11-19-42(90-4)20-12-36)74-63(76-61(53)80)78-27-25-39(31-78)68-65(88)69-40-26-28-79(32-40)64-75-60(73-52(37-13-21-43(91-5)22-14-37)38-15-23-44(92-6)24-16-38)54-62(77-64)81(34-67-54)48-30-46(56(85)58(48)87)71-50(83)8-2/h9-24,33-34,39-40,45-48,51-52,55-58,84-87H,7-8,25-32H2,1-6H3,(H,70,82)(H,71,83)(H2,68,69,88)(H,72,74,76)(H,73,75,77)/t39-,40?,45+,46?,47+,48?,55?,56?,57+,58?/m0/s1. The lowest BCUT2D eigenvalue weighted by atomic mass is 9.98. The number of imidazole rings is 2. The van der Waals surface area contributed by atoms with Gasteiger partial charge < -0.3 is 90.2 Å². The molecule has 2 saturated heterocycles. The van der Waals surface area contributed by atoms with Crippen LogP contribution in [0.5, 0.6) is 23.0 Å². The quantitative estimate of drug-likeness (QED) is 0.0440. The molecule has 6 heterocycles. The summed E-state index contributed by atoms with van der Waals surface area (Å²) in [5, 5.41) is 65.0. The van der Waals surface area contributed by atoms with E-state index < -0.39 is 60.7 Å². The van der Waals surface area contributed by atoms with Crippen LogP contribution in [-0.4, -0.2) is 181 Å². The fourth-order valence-electron chi connectivity index (χ4n) is 13.0. The second-order valence-corrected chi connectivity index (χ2v) is 23.7. The summed E-state index contributed by atoms with van der Waals surface area (Å²) in [4.78, 5) is 73.4. The Hall–Kier alpha value is -9.57. The van der Waals surface area contributed by atoms with Crippen molar-refractivity contribution in [2.24, 2.45) is 0 Å². The molecular formula is C65H78N16O11. The van der Waals surface area contributed by atoms with Crippen LogP contribution in [0.15, 0.2) is 110 Å². The average Bonchev–Trinajstić information content (AvgIpc) is 1.59. The number of aliphatic hydroxyl groups excluding tert-OH is 4. The first-order valence-corrected chi connectivity index (χ1v) is 31.1. The van der Waals surface area contributed by atoms with Crippen molar-refractivity contribution in [3.05, 3.63) is 132 Å². The third-order valence-corrected chi connectivity index (χ3v) is 18.1. The van der Waals surface area contributed by atoms with Crippen LogP contribution < -0.4 is 60.6 Å². The summed E-state index contributed by atoms with van der Waals surface area (Å²) in [6, 6.07) is 26.1. The molecule has 4 aromatic carbocycles. The Kier molecular flexibility index (Phi) is 18.4. The zero-order chi connectivity index (χ0) is 64.3. The largest absolute Gasteiger partial charge is 0.497 e. The number of methoxy groups -OCH3 is 4. The summed E-state index contributed by atoms with van der Waals surface area (Å²) in [5.74, 6) is 3.75. The average molecular weight is 1260 g/mol. The van der Waals surface area contributed by atoms with Crippen molar-refractivity contribution in [2.75, 3.05) is 75.1 Å². The smallest absolute Gasteiger partial charge is 0.315 e. The van der Waals surface area contributed by atoms with Gasteiger partial charge in [-0.25, -0.2) is 14.8 Å². The minimum Gasteiger partial charge on any atom is -0.497 e. The molecule has 27 heteroatoms. The maximum absolute atomic E-state index is 14.2. The highest BCUT2D eigenvalue weighted by atomic mass is 16.5. The Labute approximate surface area is 530 Å². The molecule has 10 N–H and O–H groups in total. The van der Waals surface area contributed by atoms with Gasteiger partial charge in [0.25, 0.3) is 0 Å². The lowest BCUT2D eigenvalue weighted by Gasteiger charge is -2.24. The Balaban J connectivity index is 0.799. The third kappa shape index (κ3) is 12.9. The van der Waals surface area contributed by atoms with Crippen LogP contribution in [-0.2, 0) is 9.59 Å². The topological polar surface area (TPSA) is 335 Å². The van der Waals surface area contributed by atoms with E-state index in [1.807, 2.05) is 107 Å². The first-order chi connectivity index (χ1) is 44.6. The number of nitrogens with one attached hydrogen (secondary N) is 6. The number of carbonyl (C=O) groups is 3. The second kappa shape index (κ2) is 27.1. The van der Waals surface area contributed by atoms with Crippen LogP contribution >= 0.6 is 0 Å². The highest BCUT2D eigenvalue weighted by Crippen LogP contribution is 2.40. The molecular weight excluding hydrogens is 1180 g/mol. The van der Waals surface area contributed by atoms with Crippen LogP contribution in [0.1, 0.15) is 98.8 Å². The summed E-state index contributed by atoms with van der Waals surface area (Å²) >= 11 is 0. The van der Waals surface area contributed by atoms with Gasteiger partial charge in [0, 0.05) is 51.1 Å². The summed E-state index contributed by atoms with van der Waals surface area (Å²) in [7, 11) is 6.45. The molecule has 0 radical (unpaired) electrons. The minimum absolute atomic E-state index is 0.216. The van der Waals surface area contributed by atoms with Crippen molar-refractivity contribution < 1.29 is 53.8 Å². The highest BCUT2D eigenvalue weighted by Gasteiger charge is 2.46. The van der Waals surface area contributed by atoms with Crippen LogP contribution in [0.2, 0.25) is 0 Å². The molecule has 2 aliphatic carbocycles. The Bertz CT molecular complexity index is 3550. The fraction of sp³-hybridized carbons (Fsp3) is 0.431. The molecule has 10 atom stereocenters. The molecule has 6 unspecified atom stereocenters. The zero-order valence-corrected chi connectivity index (χ0v) is 52.0. The number of hydrogen-bond donors (Lipinski definition) is 10. The summed E-state index contributed by atoms with van der Waals surface area (Å²) < 4.78 is 25.5. The minimum atomic E-state index is -1.25. The van der Waals surface area contributed by atoms with Crippen molar-refractivity contribution in [3.63, 3.8) is 0 Å². The summed E-state index contributed by atoms with van der Waals surface area (Å²) in [6.07, 6.45) is 0.154. The molecule has 12 rings (SSSR count). The lowest BCUT2D eigenvalue weighted by molar-refractivity contribution is -0.123. The Morgan fingerprint density at radius 2 is 0.826 bits per heavy atom. The Morgan fingerprint density at radius 3 is 1.14 bits per heavy atom. The fourth-order valence-corrected chi connectivity index (χ4v) is 13.0. The molecule has 484 valence electrons. The van der Waals surface area contributed by atoms with E-state index in [4.69, 9.17) is 48.9 Å². The van der Waals surface area contributed by atoms with Crippen molar-refractivity contribution in [2.45, 2.75) is 125 Å². The predicted molar refractivity (Wildman–Crippen MR) is 342 cm³/mol. The van der Waals surface area contributed by atoms with E-state index in [1.165, 1.54) is 0 Å². The van der Waals surface area contributed by atoms with E-state index >= 15 is 0 Å². The van der Waals surface area contributed by atoms with Gasteiger partial charge in [0.05, 0.1) is 77.3 Å². The molecule has 4 aromatic heterocycles. The maximum atomic E-state index is 14.2. The van der Waals surface area contributed by atoms with E-state index in [0.717, 1.165) is 22.3 Å². The highest BCUT2D eigenvalue weighted by molar-refractivity contribution is 5.86. The van der Waals surface area contributed by atoms with Crippen molar-refractivity contribution in [1.82, 2.24) is 60.3 Å². The number of fused-ring (bicyclic) bond motifs is 2. The van der Waals surface area contributed by atoms with Gasteiger partial charge >= 0.3 is 6.03 Å². The van der Waals surface area contributed by atoms with E-state index in [2.05, 4.69) is 31.9 Å². The van der Waals surface area contributed by atoms with Crippen molar-refractivity contribution in [1.29, 1.82) is 0 Å². The molecule has 4 amide bonds. The third-order valence-electron chi connectivity index (χ3n) is 18.1. The van der Waals surface area contributed by atoms with Gasteiger partial charge in [-0.3, -0.25) is 9.59 Å². The molecule has 4 aliphatic rings. The van der Waals surface area contributed by atoms with Gasteiger partial charge in [0.15, 0.2) is 34.0 Å². The van der Waals surface area contributed by atoms with E-state index in [0.29, 0.717) is 108 Å². The number of amides is 4. The molecule has 8 aromatic rings. The van der Waals surface area contributed by atoms with Crippen LogP contribution in [0.3, 0.4) is 0 Å². The number of benzene rings is 4. The monoisotopic (exact) mass is 1260 g/mol. The predicted octanol–water partition coefficient (Wildman–Crippen LogP) is 4.68. The van der Waals surface area contributed by atoms with E-state index in [1.54, 1.807) is 64.1 Å². The second-order valence-electron chi connectivity index (χ2n) is 23.7. The number of nitrogens with zero attached hydrogens (tertiary/aromatic N) is 10. The SMILES string of the molecule is CCC(=O)NC1CC(n2cnc3c(NC(c4ccc(OC)cc4)c4ccc(OC)cc4)nc(N4CCC(NC(=O)N[C@H]5CCN(c6nc(NC(c7ccc(OC)cc7)c7ccc(OC)cc7)c7ncn([C@@H]8C[C@@H](NC(=O)CC)C(O)[C@@H]8O)c7n6)C5)C4)nc32)C(O)C1O. The number of anilines is 4. The van der Waals surface area contributed by atoms with Gasteiger partial charge in [0.1, 0.15) is 47.4 Å². The normalized spacial score (nSPS) is 22.9. The summed E-state index contributed by atoms with van der Waals surface area (Å²) in [6.45, 7) is 5.11. The number of urea groups is 1.